The van der Waals surface area contributed by atoms with Gasteiger partial charge in [0, 0.05) is 11.5 Å². The fourth-order valence-electron chi connectivity index (χ4n) is 2.45. The van der Waals surface area contributed by atoms with Crippen LogP contribution in [0.5, 0.6) is 0 Å². The molecule has 2 heterocycles. The number of hydrogen-bond donors (Lipinski definition) is 1. The van der Waals surface area contributed by atoms with Crippen LogP contribution in [0.15, 0.2) is 4.52 Å². The lowest BCUT2D eigenvalue weighted by atomic mass is 9.96. The second kappa shape index (κ2) is 6.01. The summed E-state index contributed by atoms with van der Waals surface area (Å²) < 4.78 is 5.34. The molecule has 0 aliphatic carbocycles. The highest BCUT2D eigenvalue weighted by molar-refractivity contribution is 5.00. The lowest BCUT2D eigenvalue weighted by Gasteiger charge is -2.26. The van der Waals surface area contributed by atoms with Gasteiger partial charge in [-0.15, -0.1) is 0 Å². The summed E-state index contributed by atoms with van der Waals surface area (Å²) in [7, 11) is 0. The molecule has 0 saturated carbocycles. The molecule has 1 unspecified atom stereocenters. The average molecular weight is 267 g/mol. The van der Waals surface area contributed by atoms with Crippen LogP contribution in [0, 0.1) is 0 Å². The van der Waals surface area contributed by atoms with Crippen LogP contribution in [0.3, 0.4) is 0 Å². The maximum atomic E-state index is 9.49. The molecule has 1 fully saturated rings. The Morgan fingerprint density at radius 1 is 1.32 bits per heavy atom. The van der Waals surface area contributed by atoms with Crippen LogP contribution in [0.25, 0.3) is 0 Å². The smallest absolute Gasteiger partial charge is 0.240 e. The number of aliphatic hydroxyl groups is 1. The Morgan fingerprint density at radius 3 is 2.74 bits per heavy atom. The number of hydrogen-bond acceptors (Lipinski definition) is 5. The summed E-state index contributed by atoms with van der Waals surface area (Å²) in [5.41, 5.74) is -0.0864. The van der Waals surface area contributed by atoms with Crippen molar-refractivity contribution in [2.24, 2.45) is 0 Å². The van der Waals surface area contributed by atoms with Crippen molar-refractivity contribution in [3.63, 3.8) is 0 Å². The van der Waals surface area contributed by atoms with E-state index in [1.165, 1.54) is 19.3 Å². The van der Waals surface area contributed by atoms with Crippen LogP contribution in [-0.2, 0) is 12.0 Å². The number of aromatic nitrogens is 2. The van der Waals surface area contributed by atoms with Gasteiger partial charge in [-0.25, -0.2) is 0 Å². The first-order valence-corrected chi connectivity index (χ1v) is 7.18. The minimum atomic E-state index is -0.0864. The van der Waals surface area contributed by atoms with Crippen molar-refractivity contribution >= 4 is 0 Å². The van der Waals surface area contributed by atoms with Crippen molar-refractivity contribution in [3.05, 3.63) is 11.7 Å². The van der Waals surface area contributed by atoms with Crippen molar-refractivity contribution < 1.29 is 9.63 Å². The largest absolute Gasteiger partial charge is 0.395 e. The van der Waals surface area contributed by atoms with Gasteiger partial charge in [-0.2, -0.15) is 4.98 Å². The first-order valence-electron chi connectivity index (χ1n) is 7.18. The van der Waals surface area contributed by atoms with Crippen molar-refractivity contribution in [2.45, 2.75) is 64.5 Å². The van der Waals surface area contributed by atoms with E-state index in [1.807, 2.05) is 0 Å². The molecule has 1 aliphatic heterocycles. The van der Waals surface area contributed by atoms with E-state index in [-0.39, 0.29) is 18.1 Å². The first kappa shape index (κ1) is 14.5. The molecule has 0 radical (unpaired) electrons. The second-order valence-corrected chi connectivity index (χ2v) is 6.42. The van der Waals surface area contributed by atoms with E-state index in [1.54, 1.807) is 0 Å². The molecule has 2 rings (SSSR count). The highest BCUT2D eigenvalue weighted by Gasteiger charge is 2.25. The van der Waals surface area contributed by atoms with Gasteiger partial charge in [-0.3, -0.25) is 4.90 Å². The third-order valence-electron chi connectivity index (χ3n) is 3.69. The Bertz CT molecular complexity index is 398. The number of rotatable bonds is 3. The van der Waals surface area contributed by atoms with Gasteiger partial charge in [0.2, 0.25) is 5.89 Å². The van der Waals surface area contributed by atoms with Crippen LogP contribution >= 0.6 is 0 Å². The van der Waals surface area contributed by atoms with E-state index in [2.05, 4.69) is 35.8 Å². The summed E-state index contributed by atoms with van der Waals surface area (Å²) in [4.78, 5) is 6.74. The molecule has 1 N–H and O–H groups in total. The van der Waals surface area contributed by atoms with Gasteiger partial charge in [0.05, 0.1) is 13.2 Å². The lowest BCUT2D eigenvalue weighted by Crippen LogP contribution is -2.37. The minimum absolute atomic E-state index is 0.0864. The van der Waals surface area contributed by atoms with Crippen LogP contribution in [0.2, 0.25) is 0 Å². The maximum Gasteiger partial charge on any atom is 0.240 e. The van der Waals surface area contributed by atoms with Gasteiger partial charge in [-0.05, 0) is 19.4 Å². The average Bonchev–Trinajstić information content (AvgIpc) is 2.70. The second-order valence-electron chi connectivity index (χ2n) is 6.42. The Labute approximate surface area is 115 Å². The van der Waals surface area contributed by atoms with Crippen LogP contribution in [-0.4, -0.2) is 39.3 Å². The van der Waals surface area contributed by atoms with Gasteiger partial charge in [0.15, 0.2) is 5.82 Å². The van der Waals surface area contributed by atoms with E-state index in [0.717, 1.165) is 18.8 Å². The van der Waals surface area contributed by atoms with Crippen molar-refractivity contribution in [1.82, 2.24) is 15.0 Å². The summed E-state index contributed by atoms with van der Waals surface area (Å²) in [5.74, 6) is 1.41. The molecule has 1 atom stereocenters. The highest BCUT2D eigenvalue weighted by Crippen LogP contribution is 2.21. The van der Waals surface area contributed by atoms with Crippen molar-refractivity contribution in [2.75, 3.05) is 13.2 Å². The first-order chi connectivity index (χ1) is 9.00. The Morgan fingerprint density at radius 2 is 2.11 bits per heavy atom. The molecule has 108 valence electrons. The molecule has 1 aliphatic rings. The summed E-state index contributed by atoms with van der Waals surface area (Å²) in [5, 5.41) is 13.5. The normalized spacial score (nSPS) is 22.4. The molecular weight excluding hydrogens is 242 g/mol. The Kier molecular flexibility index (Phi) is 4.58. The predicted molar refractivity (Wildman–Crippen MR) is 72.7 cm³/mol. The van der Waals surface area contributed by atoms with Gasteiger partial charge in [0.1, 0.15) is 0 Å². The third-order valence-corrected chi connectivity index (χ3v) is 3.69. The number of nitrogens with zero attached hydrogens (tertiary/aromatic N) is 3. The fourth-order valence-corrected chi connectivity index (χ4v) is 2.45. The van der Waals surface area contributed by atoms with E-state index in [9.17, 15) is 5.11 Å². The molecule has 5 nitrogen and oxygen atoms in total. The predicted octanol–water partition coefficient (Wildman–Crippen LogP) is 2.10. The monoisotopic (exact) mass is 267 g/mol. The highest BCUT2D eigenvalue weighted by atomic mass is 16.5. The molecular formula is C14H25N3O2. The van der Waals surface area contributed by atoms with E-state index < -0.39 is 0 Å². The molecule has 0 bridgehead atoms. The molecule has 1 aromatic heterocycles. The SMILES string of the molecule is CC(C)(C)c1noc(CN2CCCCCC2CO)n1. The van der Waals surface area contributed by atoms with E-state index in [4.69, 9.17) is 4.52 Å². The summed E-state index contributed by atoms with van der Waals surface area (Å²) in [6, 6.07) is 0.229. The van der Waals surface area contributed by atoms with Crippen molar-refractivity contribution in [1.29, 1.82) is 0 Å². The van der Waals surface area contributed by atoms with Gasteiger partial charge in [-0.1, -0.05) is 38.8 Å². The van der Waals surface area contributed by atoms with Crippen molar-refractivity contribution in [3.8, 4) is 0 Å². The van der Waals surface area contributed by atoms with Gasteiger partial charge < -0.3 is 9.63 Å². The lowest BCUT2D eigenvalue weighted by molar-refractivity contribution is 0.107. The minimum Gasteiger partial charge on any atom is -0.395 e. The van der Waals surface area contributed by atoms with Gasteiger partial charge in [0.25, 0.3) is 0 Å². The Balaban J connectivity index is 2.04. The van der Waals surface area contributed by atoms with Gasteiger partial charge >= 0.3 is 0 Å². The standard InChI is InChI=1S/C14H25N3O2/c1-14(2,3)13-15-12(19-16-13)9-17-8-6-4-5-7-11(17)10-18/h11,18H,4-10H2,1-3H3. The summed E-state index contributed by atoms with van der Waals surface area (Å²) >= 11 is 0. The molecule has 1 saturated heterocycles. The quantitative estimate of drug-likeness (QED) is 0.908. The fraction of sp³-hybridized carbons (Fsp3) is 0.857. The van der Waals surface area contributed by atoms with Crippen LogP contribution in [0.4, 0.5) is 0 Å². The van der Waals surface area contributed by atoms with Crippen LogP contribution < -0.4 is 0 Å². The molecule has 1 aromatic rings. The molecule has 5 heteroatoms. The Hall–Kier alpha value is -0.940. The zero-order chi connectivity index (χ0) is 13.9. The molecule has 0 spiro atoms. The number of aliphatic hydroxyl groups excluding tert-OH is 1. The molecule has 19 heavy (non-hydrogen) atoms. The van der Waals surface area contributed by atoms with E-state index in [0.29, 0.717) is 12.4 Å². The number of likely N-dealkylation sites (tertiary alicyclic amines) is 1. The van der Waals surface area contributed by atoms with Crippen LogP contribution in [0.1, 0.15) is 58.2 Å². The summed E-state index contributed by atoms with van der Waals surface area (Å²) in [6.07, 6.45) is 4.66. The molecule has 0 aromatic carbocycles. The topological polar surface area (TPSA) is 62.4 Å². The van der Waals surface area contributed by atoms with E-state index >= 15 is 0 Å². The zero-order valence-corrected chi connectivity index (χ0v) is 12.2. The summed E-state index contributed by atoms with van der Waals surface area (Å²) in [6.45, 7) is 8.07. The maximum absolute atomic E-state index is 9.49. The third kappa shape index (κ3) is 3.76. The molecule has 0 amide bonds. The zero-order valence-electron chi connectivity index (χ0n) is 12.2.